The fraction of sp³-hybridized carbons (Fsp3) is 0.500. The van der Waals surface area contributed by atoms with E-state index in [2.05, 4.69) is 26.9 Å². The molecule has 0 bridgehead atoms. The van der Waals surface area contributed by atoms with Crippen molar-refractivity contribution >= 4 is 45.9 Å². The number of nitrogens with zero attached hydrogens (tertiary/aromatic N) is 3. The molecule has 3 N–H and O–H groups in total. The summed E-state index contributed by atoms with van der Waals surface area (Å²) in [7, 11) is 0. The normalized spacial score (nSPS) is 16.6. The number of thioether (sulfide) groups is 1. The van der Waals surface area contributed by atoms with Gasteiger partial charge in [-0.05, 0) is 86.1 Å². The molecule has 10 heteroatoms. The summed E-state index contributed by atoms with van der Waals surface area (Å²) >= 11 is 1.25. The SMILES string of the molecule is CCNC(=O)C(CNc1ccc2cc(C(=O)NCCN3CCCCC3)ccc2c1)S/C=C(/C#N)CC(=O)N1CCCC1. The van der Waals surface area contributed by atoms with Gasteiger partial charge >= 0.3 is 0 Å². The van der Waals surface area contributed by atoms with E-state index in [9.17, 15) is 19.6 Å². The number of carbonyl (C=O) groups is 3. The second kappa shape index (κ2) is 16.2. The molecule has 0 aliphatic carbocycles. The number of hydrogen-bond donors (Lipinski definition) is 3. The fourth-order valence-electron chi connectivity index (χ4n) is 5.32. The lowest BCUT2D eigenvalue weighted by molar-refractivity contribution is -0.129. The van der Waals surface area contributed by atoms with Gasteiger partial charge in [0.2, 0.25) is 11.8 Å². The fourth-order valence-corrected chi connectivity index (χ4v) is 6.17. The standard InChI is InChI=1S/C32H42N6O3S/c1-2-34-32(41)29(42-23-24(21-33)18-30(39)38-15-6-7-16-38)22-36-28-11-10-25-19-27(9-8-26(25)20-28)31(40)35-12-17-37-13-4-3-5-14-37/h8-11,19-20,23,29,36H,2-7,12-18,22H2,1H3,(H,34,41)(H,35,40)/b24-23+. The zero-order valence-electron chi connectivity index (χ0n) is 24.5. The first kappa shape index (κ1) is 31.4. The lowest BCUT2D eigenvalue weighted by atomic mass is 10.1. The van der Waals surface area contributed by atoms with Gasteiger partial charge in [-0.1, -0.05) is 18.6 Å². The molecule has 3 amide bonds. The number of hydrogen-bond acceptors (Lipinski definition) is 7. The Morgan fingerprint density at radius 3 is 2.43 bits per heavy atom. The van der Waals surface area contributed by atoms with E-state index >= 15 is 0 Å². The first-order valence-corrected chi connectivity index (χ1v) is 16.0. The minimum absolute atomic E-state index is 0.0390. The smallest absolute Gasteiger partial charge is 0.251 e. The van der Waals surface area contributed by atoms with E-state index in [0.717, 1.165) is 62.0 Å². The Bertz CT molecular complexity index is 1310. The maximum atomic E-state index is 12.8. The van der Waals surface area contributed by atoms with E-state index in [1.54, 1.807) is 10.3 Å². The van der Waals surface area contributed by atoms with E-state index in [0.29, 0.717) is 30.8 Å². The molecule has 2 saturated heterocycles. The number of anilines is 1. The Morgan fingerprint density at radius 2 is 1.69 bits per heavy atom. The van der Waals surface area contributed by atoms with Crippen LogP contribution in [0.2, 0.25) is 0 Å². The second-order valence-electron chi connectivity index (χ2n) is 10.9. The molecule has 9 nitrogen and oxygen atoms in total. The van der Waals surface area contributed by atoms with Crippen molar-refractivity contribution in [2.45, 2.75) is 50.7 Å². The van der Waals surface area contributed by atoms with Crippen LogP contribution in [0.5, 0.6) is 0 Å². The Hall–Kier alpha value is -3.55. The largest absolute Gasteiger partial charge is 0.383 e. The Labute approximate surface area is 253 Å². The molecule has 0 radical (unpaired) electrons. The van der Waals surface area contributed by atoms with Crippen LogP contribution in [0.25, 0.3) is 10.8 Å². The van der Waals surface area contributed by atoms with Crippen molar-refractivity contribution in [1.29, 1.82) is 5.26 Å². The molecule has 0 saturated carbocycles. The van der Waals surface area contributed by atoms with Crippen LogP contribution < -0.4 is 16.0 Å². The van der Waals surface area contributed by atoms with Crippen LogP contribution in [0, 0.1) is 11.3 Å². The van der Waals surface area contributed by atoms with Gasteiger partial charge in [0.15, 0.2) is 0 Å². The monoisotopic (exact) mass is 590 g/mol. The summed E-state index contributed by atoms with van der Waals surface area (Å²) in [6.07, 6.45) is 5.83. The molecule has 2 heterocycles. The van der Waals surface area contributed by atoms with Crippen molar-refractivity contribution < 1.29 is 14.4 Å². The third-order valence-electron chi connectivity index (χ3n) is 7.72. The van der Waals surface area contributed by atoms with E-state index < -0.39 is 5.25 Å². The highest BCUT2D eigenvalue weighted by molar-refractivity contribution is 8.03. The Kier molecular flexibility index (Phi) is 12.1. The quantitative estimate of drug-likeness (QED) is 0.301. The molecule has 2 fully saturated rings. The number of likely N-dealkylation sites (tertiary alicyclic amines) is 2. The van der Waals surface area contributed by atoms with Crippen molar-refractivity contribution in [3.05, 3.63) is 52.9 Å². The third-order valence-corrected chi connectivity index (χ3v) is 8.85. The number of carbonyl (C=O) groups excluding carboxylic acids is 3. The van der Waals surface area contributed by atoms with Gasteiger partial charge in [-0.15, -0.1) is 11.8 Å². The van der Waals surface area contributed by atoms with E-state index in [1.165, 1.54) is 31.0 Å². The van der Waals surface area contributed by atoms with Crippen LogP contribution in [-0.2, 0) is 9.59 Å². The summed E-state index contributed by atoms with van der Waals surface area (Å²) in [4.78, 5) is 42.2. The number of fused-ring (bicyclic) bond motifs is 1. The van der Waals surface area contributed by atoms with E-state index in [1.807, 2.05) is 43.3 Å². The van der Waals surface area contributed by atoms with Crippen LogP contribution in [0.15, 0.2) is 47.4 Å². The first-order chi connectivity index (χ1) is 20.5. The average molecular weight is 591 g/mol. The first-order valence-electron chi connectivity index (χ1n) is 15.0. The predicted octanol–water partition coefficient (Wildman–Crippen LogP) is 4.13. The van der Waals surface area contributed by atoms with Gasteiger partial charge in [0.25, 0.3) is 5.91 Å². The van der Waals surface area contributed by atoms with E-state index in [4.69, 9.17) is 0 Å². The highest BCUT2D eigenvalue weighted by Crippen LogP contribution is 2.23. The topological polar surface area (TPSA) is 118 Å². The highest BCUT2D eigenvalue weighted by atomic mass is 32.2. The number of piperidine rings is 1. The van der Waals surface area contributed by atoms with Crippen molar-refractivity contribution in [3.8, 4) is 6.07 Å². The maximum Gasteiger partial charge on any atom is 0.251 e. The molecule has 42 heavy (non-hydrogen) atoms. The van der Waals surface area contributed by atoms with Crippen molar-refractivity contribution in [1.82, 2.24) is 20.4 Å². The van der Waals surface area contributed by atoms with Crippen LogP contribution in [0.3, 0.4) is 0 Å². The van der Waals surface area contributed by atoms with Crippen molar-refractivity contribution in [2.24, 2.45) is 0 Å². The molecule has 0 aromatic heterocycles. The molecule has 224 valence electrons. The maximum absolute atomic E-state index is 12.8. The number of rotatable bonds is 13. The van der Waals surface area contributed by atoms with Gasteiger partial charge < -0.3 is 25.8 Å². The number of nitriles is 1. The molecule has 2 aliphatic heterocycles. The lowest BCUT2D eigenvalue weighted by Crippen LogP contribution is -2.37. The molecule has 0 spiro atoms. The van der Waals surface area contributed by atoms with Crippen LogP contribution in [0.4, 0.5) is 5.69 Å². The molecule has 1 atom stereocenters. The molecule has 2 aliphatic rings. The molecule has 2 aromatic carbocycles. The predicted molar refractivity (Wildman–Crippen MR) is 169 cm³/mol. The Morgan fingerprint density at radius 1 is 0.976 bits per heavy atom. The molecule has 2 aromatic rings. The van der Waals surface area contributed by atoms with Gasteiger partial charge in [-0.25, -0.2) is 0 Å². The average Bonchev–Trinajstić information content (AvgIpc) is 3.56. The van der Waals surface area contributed by atoms with Gasteiger partial charge in [-0.3, -0.25) is 14.4 Å². The highest BCUT2D eigenvalue weighted by Gasteiger charge is 2.21. The lowest BCUT2D eigenvalue weighted by Gasteiger charge is -2.26. The van der Waals surface area contributed by atoms with Crippen LogP contribution in [0.1, 0.15) is 55.8 Å². The summed E-state index contributed by atoms with van der Waals surface area (Å²) in [5.74, 6) is -0.237. The summed E-state index contributed by atoms with van der Waals surface area (Å²) in [6.45, 7) is 7.95. The van der Waals surface area contributed by atoms with Crippen molar-refractivity contribution in [3.63, 3.8) is 0 Å². The van der Waals surface area contributed by atoms with E-state index in [-0.39, 0.29) is 24.1 Å². The summed E-state index contributed by atoms with van der Waals surface area (Å²) in [5.41, 5.74) is 1.85. The summed E-state index contributed by atoms with van der Waals surface area (Å²) < 4.78 is 0. The summed E-state index contributed by atoms with van der Waals surface area (Å²) in [5, 5.41) is 21.9. The number of amides is 3. The van der Waals surface area contributed by atoms with Gasteiger partial charge in [0, 0.05) is 56.1 Å². The Balaban J connectivity index is 1.33. The minimum Gasteiger partial charge on any atom is -0.383 e. The van der Waals surface area contributed by atoms with Crippen LogP contribution >= 0.6 is 11.8 Å². The van der Waals surface area contributed by atoms with Crippen molar-refractivity contribution in [2.75, 3.05) is 57.7 Å². The molecular weight excluding hydrogens is 548 g/mol. The molecule has 1 unspecified atom stereocenters. The third kappa shape index (κ3) is 9.23. The van der Waals surface area contributed by atoms with Gasteiger partial charge in [0.1, 0.15) is 5.25 Å². The zero-order valence-corrected chi connectivity index (χ0v) is 25.3. The molecular formula is C32H42N6O3S. The zero-order chi connectivity index (χ0) is 29.7. The number of benzene rings is 2. The summed E-state index contributed by atoms with van der Waals surface area (Å²) in [6, 6.07) is 13.7. The van der Waals surface area contributed by atoms with Gasteiger partial charge in [0.05, 0.1) is 12.5 Å². The minimum atomic E-state index is -0.484. The van der Waals surface area contributed by atoms with Crippen LogP contribution in [-0.4, -0.2) is 85.1 Å². The number of nitrogens with one attached hydrogen (secondary N) is 3. The van der Waals surface area contributed by atoms with Gasteiger partial charge in [-0.2, -0.15) is 5.26 Å². The second-order valence-corrected chi connectivity index (χ2v) is 11.9. The molecule has 4 rings (SSSR count).